The quantitative estimate of drug-likeness (QED) is 0.702. The Bertz CT molecular complexity index is 1100. The number of pyridine rings is 1. The van der Waals surface area contributed by atoms with Crippen LogP contribution in [0, 0.1) is 11.3 Å². The number of nitriles is 1. The van der Waals surface area contributed by atoms with Crippen LogP contribution in [0.1, 0.15) is 29.8 Å². The molecule has 7 heteroatoms. The number of hydrogen-bond donors (Lipinski definition) is 1. The maximum atomic E-state index is 12.9. The summed E-state index contributed by atoms with van der Waals surface area (Å²) >= 11 is 0. The Morgan fingerprint density at radius 2 is 2.11 bits per heavy atom. The molecule has 1 N–H and O–H groups in total. The molecule has 0 unspecified atom stereocenters. The molecule has 2 heterocycles. The van der Waals surface area contributed by atoms with Crippen LogP contribution in [0.25, 0.3) is 11.3 Å². The molecule has 134 valence electrons. The Hall–Kier alpha value is -3.79. The number of benzene rings is 1. The number of aromatic nitrogens is 3. The fourth-order valence-electron chi connectivity index (χ4n) is 2.76. The van der Waals surface area contributed by atoms with E-state index in [4.69, 9.17) is 5.26 Å². The standard InChI is InChI=1S/C20H17N5O2/c1-3-25-20(27)19(23-16-8-4-6-14(10-16)11-21)17(13(2)26)18(24-25)15-7-5-9-22-12-15/h4-10,12,23H,3H2,1-2H3. The Labute approximate surface area is 155 Å². The van der Waals surface area contributed by atoms with Crippen molar-refractivity contribution < 1.29 is 4.79 Å². The van der Waals surface area contributed by atoms with Crippen LogP contribution in [-0.4, -0.2) is 20.5 Å². The molecule has 0 aliphatic heterocycles. The lowest BCUT2D eigenvalue weighted by Crippen LogP contribution is -2.28. The second kappa shape index (κ2) is 7.62. The average Bonchev–Trinajstić information content (AvgIpc) is 2.69. The highest BCUT2D eigenvalue weighted by Gasteiger charge is 2.22. The first-order chi connectivity index (χ1) is 13.0. The summed E-state index contributed by atoms with van der Waals surface area (Å²) in [5.41, 5.74) is 1.93. The molecule has 2 aromatic heterocycles. The van der Waals surface area contributed by atoms with E-state index in [9.17, 15) is 9.59 Å². The topological polar surface area (TPSA) is 101 Å². The summed E-state index contributed by atoms with van der Waals surface area (Å²) in [7, 11) is 0. The fourth-order valence-corrected chi connectivity index (χ4v) is 2.76. The summed E-state index contributed by atoms with van der Waals surface area (Å²) in [5.74, 6) is -0.291. The highest BCUT2D eigenvalue weighted by atomic mass is 16.1. The van der Waals surface area contributed by atoms with Crippen LogP contribution in [0.3, 0.4) is 0 Å². The summed E-state index contributed by atoms with van der Waals surface area (Å²) < 4.78 is 1.30. The summed E-state index contributed by atoms with van der Waals surface area (Å²) in [4.78, 5) is 29.4. The highest BCUT2D eigenvalue weighted by molar-refractivity contribution is 6.05. The third-order valence-corrected chi connectivity index (χ3v) is 4.00. The van der Waals surface area contributed by atoms with Crippen LogP contribution in [0.5, 0.6) is 0 Å². The van der Waals surface area contributed by atoms with Gasteiger partial charge in [0, 0.05) is 30.2 Å². The van der Waals surface area contributed by atoms with Gasteiger partial charge >= 0.3 is 0 Å². The van der Waals surface area contributed by atoms with Gasteiger partial charge in [0.2, 0.25) is 0 Å². The molecule has 0 saturated carbocycles. The molecule has 3 rings (SSSR count). The first-order valence-corrected chi connectivity index (χ1v) is 8.38. The van der Waals surface area contributed by atoms with Gasteiger partial charge in [-0.15, -0.1) is 0 Å². The van der Waals surface area contributed by atoms with Crippen molar-refractivity contribution in [3.05, 3.63) is 70.3 Å². The van der Waals surface area contributed by atoms with E-state index in [1.165, 1.54) is 11.6 Å². The zero-order valence-corrected chi connectivity index (χ0v) is 14.9. The van der Waals surface area contributed by atoms with Crippen LogP contribution >= 0.6 is 0 Å². The van der Waals surface area contributed by atoms with Gasteiger partial charge in [0.05, 0.1) is 17.2 Å². The number of nitrogens with zero attached hydrogens (tertiary/aromatic N) is 4. The number of hydrogen-bond acceptors (Lipinski definition) is 6. The van der Waals surface area contributed by atoms with Gasteiger partial charge in [0.1, 0.15) is 11.4 Å². The Morgan fingerprint density at radius 3 is 2.74 bits per heavy atom. The van der Waals surface area contributed by atoms with Crippen molar-refractivity contribution in [2.24, 2.45) is 0 Å². The number of rotatable bonds is 5. The van der Waals surface area contributed by atoms with E-state index in [-0.39, 0.29) is 17.0 Å². The minimum absolute atomic E-state index is 0.133. The van der Waals surface area contributed by atoms with Crippen molar-refractivity contribution in [1.29, 1.82) is 5.26 Å². The molecule has 27 heavy (non-hydrogen) atoms. The molecule has 0 spiro atoms. The summed E-state index contributed by atoms with van der Waals surface area (Å²) in [6, 6.07) is 12.3. The molecule has 0 fully saturated rings. The number of anilines is 2. The second-order valence-corrected chi connectivity index (χ2v) is 5.84. The molecule has 0 atom stereocenters. The number of nitrogens with one attached hydrogen (secondary N) is 1. The first-order valence-electron chi connectivity index (χ1n) is 8.38. The summed E-state index contributed by atoms with van der Waals surface area (Å²) in [6.07, 6.45) is 3.22. The van der Waals surface area contributed by atoms with Gasteiger partial charge < -0.3 is 5.32 Å². The summed E-state index contributed by atoms with van der Waals surface area (Å²) in [6.45, 7) is 3.54. The van der Waals surface area contributed by atoms with Gasteiger partial charge in [-0.25, -0.2) is 4.68 Å². The lowest BCUT2D eigenvalue weighted by molar-refractivity contribution is 0.101. The van der Waals surface area contributed by atoms with Gasteiger partial charge in [-0.3, -0.25) is 14.6 Å². The lowest BCUT2D eigenvalue weighted by atomic mass is 10.0. The molecule has 3 aromatic rings. The van der Waals surface area contributed by atoms with Crippen LogP contribution in [0.15, 0.2) is 53.6 Å². The number of Topliss-reactive ketones (excluding diaryl/α,β-unsaturated/α-hetero) is 1. The zero-order chi connectivity index (χ0) is 19.4. The Kier molecular flexibility index (Phi) is 5.08. The number of ketones is 1. The third-order valence-electron chi connectivity index (χ3n) is 4.00. The molecule has 0 aliphatic carbocycles. The SMILES string of the molecule is CCn1nc(-c2cccnc2)c(C(C)=O)c(Nc2cccc(C#N)c2)c1=O. The van der Waals surface area contributed by atoms with Gasteiger partial charge in [0.15, 0.2) is 5.78 Å². The van der Waals surface area contributed by atoms with E-state index in [0.717, 1.165) is 0 Å². The zero-order valence-electron chi connectivity index (χ0n) is 14.9. The molecule has 0 bridgehead atoms. The molecule has 0 aliphatic rings. The van der Waals surface area contributed by atoms with E-state index in [1.807, 2.05) is 0 Å². The van der Waals surface area contributed by atoms with Crippen LogP contribution in [0.2, 0.25) is 0 Å². The highest BCUT2D eigenvalue weighted by Crippen LogP contribution is 2.27. The molecular formula is C20H17N5O2. The van der Waals surface area contributed by atoms with Crippen LogP contribution in [0.4, 0.5) is 11.4 Å². The van der Waals surface area contributed by atoms with Gasteiger partial charge in [0.25, 0.3) is 5.56 Å². The van der Waals surface area contributed by atoms with Crippen molar-refractivity contribution in [3.63, 3.8) is 0 Å². The van der Waals surface area contributed by atoms with E-state index >= 15 is 0 Å². The Balaban J connectivity index is 2.27. The normalized spacial score (nSPS) is 10.3. The monoisotopic (exact) mass is 359 g/mol. The Morgan fingerprint density at radius 1 is 1.30 bits per heavy atom. The number of carbonyl (C=O) groups is 1. The second-order valence-electron chi connectivity index (χ2n) is 5.84. The first kappa shape index (κ1) is 18.0. The van der Waals surface area contributed by atoms with E-state index in [2.05, 4.69) is 21.5 Å². The van der Waals surface area contributed by atoms with Crippen molar-refractivity contribution >= 4 is 17.2 Å². The molecular weight excluding hydrogens is 342 g/mol. The number of carbonyl (C=O) groups excluding carboxylic acids is 1. The molecule has 0 amide bonds. The average molecular weight is 359 g/mol. The van der Waals surface area contributed by atoms with Crippen molar-refractivity contribution in [1.82, 2.24) is 14.8 Å². The van der Waals surface area contributed by atoms with E-state index in [1.54, 1.807) is 55.7 Å². The molecule has 7 nitrogen and oxygen atoms in total. The van der Waals surface area contributed by atoms with E-state index in [0.29, 0.717) is 29.1 Å². The van der Waals surface area contributed by atoms with Gasteiger partial charge in [-0.1, -0.05) is 6.07 Å². The van der Waals surface area contributed by atoms with Gasteiger partial charge in [-0.05, 0) is 44.2 Å². The predicted octanol–water partition coefficient (Wildman–Crippen LogP) is 3.14. The number of aryl methyl sites for hydroxylation is 1. The van der Waals surface area contributed by atoms with Crippen LogP contribution < -0.4 is 10.9 Å². The van der Waals surface area contributed by atoms with E-state index < -0.39 is 5.56 Å². The summed E-state index contributed by atoms with van der Waals surface area (Å²) in [5, 5.41) is 16.5. The fraction of sp³-hybridized carbons (Fsp3) is 0.150. The molecule has 0 radical (unpaired) electrons. The lowest BCUT2D eigenvalue weighted by Gasteiger charge is -2.16. The largest absolute Gasteiger partial charge is 0.350 e. The van der Waals surface area contributed by atoms with Crippen molar-refractivity contribution in [2.75, 3.05) is 5.32 Å². The minimum Gasteiger partial charge on any atom is -0.350 e. The molecule has 0 saturated heterocycles. The van der Waals surface area contributed by atoms with Gasteiger partial charge in [-0.2, -0.15) is 10.4 Å². The van der Waals surface area contributed by atoms with Crippen molar-refractivity contribution in [2.45, 2.75) is 20.4 Å². The maximum Gasteiger partial charge on any atom is 0.291 e. The minimum atomic E-state index is -0.405. The van der Waals surface area contributed by atoms with Crippen molar-refractivity contribution in [3.8, 4) is 17.3 Å². The van der Waals surface area contributed by atoms with Crippen LogP contribution in [-0.2, 0) is 6.54 Å². The maximum absolute atomic E-state index is 12.9. The predicted molar refractivity (Wildman–Crippen MR) is 102 cm³/mol. The molecule has 1 aromatic carbocycles. The third kappa shape index (κ3) is 3.60. The smallest absolute Gasteiger partial charge is 0.291 e.